The number of piperidine rings is 2. The summed E-state index contributed by atoms with van der Waals surface area (Å²) in [6, 6.07) is 7.19. The summed E-state index contributed by atoms with van der Waals surface area (Å²) < 4.78 is 24.6. The molecule has 39 heavy (non-hydrogen) atoms. The van der Waals surface area contributed by atoms with Crippen molar-refractivity contribution in [3.63, 3.8) is 0 Å². The van der Waals surface area contributed by atoms with Gasteiger partial charge in [-0.05, 0) is 63.1 Å². The van der Waals surface area contributed by atoms with E-state index in [0.29, 0.717) is 38.7 Å². The Kier molecular flexibility index (Phi) is 7.14. The van der Waals surface area contributed by atoms with Crippen molar-refractivity contribution in [2.45, 2.75) is 82.6 Å². The number of rotatable bonds is 6. The van der Waals surface area contributed by atoms with Crippen molar-refractivity contribution in [1.82, 2.24) is 29.3 Å². The van der Waals surface area contributed by atoms with Crippen molar-refractivity contribution in [1.29, 1.82) is 0 Å². The van der Waals surface area contributed by atoms with Crippen LogP contribution in [0.3, 0.4) is 0 Å². The summed E-state index contributed by atoms with van der Waals surface area (Å²) in [4.78, 5) is 30.2. The Morgan fingerprint density at radius 1 is 1.08 bits per heavy atom. The second-order valence-corrected chi connectivity index (χ2v) is 11.5. The molecule has 10 heteroatoms. The van der Waals surface area contributed by atoms with Crippen molar-refractivity contribution in [3.05, 3.63) is 41.7 Å². The van der Waals surface area contributed by atoms with Crippen LogP contribution in [0.15, 0.2) is 30.6 Å². The van der Waals surface area contributed by atoms with Gasteiger partial charge in [-0.1, -0.05) is 6.07 Å². The standard InChI is InChI=1S/C29H38FN7O2/c1-20-6-7-25-24(16-20)34-28(39-23-4-2-3-5-23)37(25)22-8-12-36(13-9-22)26(38)29(30)10-14-35(15-11-29)19-21-17-32-27(31)33-18-21/h6-7,16-18,22-23H,2-5,8-15,19H2,1H3,(H2,31,32,33). The molecule has 2 N–H and O–H groups in total. The molecule has 0 bridgehead atoms. The first-order valence-corrected chi connectivity index (χ1v) is 14.3. The third kappa shape index (κ3) is 5.44. The van der Waals surface area contributed by atoms with Crippen molar-refractivity contribution in [2.75, 3.05) is 31.9 Å². The van der Waals surface area contributed by atoms with Gasteiger partial charge >= 0.3 is 0 Å². The minimum atomic E-state index is -1.81. The Balaban J connectivity index is 1.09. The lowest BCUT2D eigenvalue weighted by Gasteiger charge is -2.40. The number of fused-ring (bicyclic) bond motifs is 1. The van der Waals surface area contributed by atoms with E-state index in [-0.39, 0.29) is 36.8 Å². The summed E-state index contributed by atoms with van der Waals surface area (Å²) in [6.07, 6.45) is 10.1. The lowest BCUT2D eigenvalue weighted by molar-refractivity contribution is -0.148. The smallest absolute Gasteiger partial charge is 0.297 e. The van der Waals surface area contributed by atoms with Gasteiger partial charge in [0.05, 0.1) is 11.0 Å². The molecule has 3 aliphatic rings. The number of imidazole rings is 1. The predicted octanol–water partition coefficient (Wildman–Crippen LogP) is 4.21. The maximum atomic E-state index is 15.9. The summed E-state index contributed by atoms with van der Waals surface area (Å²) in [5.74, 6) is -0.117. The number of benzene rings is 1. The number of nitrogen functional groups attached to an aromatic ring is 1. The van der Waals surface area contributed by atoms with Crippen LogP contribution in [0.4, 0.5) is 10.3 Å². The molecule has 9 nitrogen and oxygen atoms in total. The highest BCUT2D eigenvalue weighted by atomic mass is 19.1. The van der Waals surface area contributed by atoms with E-state index >= 15 is 4.39 Å². The van der Waals surface area contributed by atoms with Gasteiger partial charge in [0.25, 0.3) is 11.9 Å². The maximum Gasteiger partial charge on any atom is 0.297 e. The SMILES string of the molecule is Cc1ccc2c(c1)nc(OC1CCCC1)n2C1CCN(C(=O)C2(F)CCN(Cc3cnc(N)nc3)CC2)CC1. The maximum absolute atomic E-state index is 15.9. The third-order valence-electron chi connectivity index (χ3n) is 8.67. The number of likely N-dealkylation sites (tertiary alicyclic amines) is 2. The van der Waals surface area contributed by atoms with Crippen LogP contribution in [0.2, 0.25) is 0 Å². The van der Waals surface area contributed by atoms with Crippen molar-refractivity contribution >= 4 is 22.9 Å². The minimum absolute atomic E-state index is 0.165. The molecule has 4 heterocycles. The van der Waals surface area contributed by atoms with Gasteiger partial charge in [-0.25, -0.2) is 14.4 Å². The van der Waals surface area contributed by atoms with Gasteiger partial charge in [0.1, 0.15) is 6.10 Å². The second-order valence-electron chi connectivity index (χ2n) is 11.5. The number of aromatic nitrogens is 4. The van der Waals surface area contributed by atoms with E-state index in [1.165, 1.54) is 18.4 Å². The average Bonchev–Trinajstić information content (AvgIpc) is 3.58. The van der Waals surface area contributed by atoms with Gasteiger partial charge in [-0.15, -0.1) is 0 Å². The molecule has 0 radical (unpaired) electrons. The van der Waals surface area contributed by atoms with Gasteiger partial charge < -0.3 is 15.4 Å². The highest BCUT2D eigenvalue weighted by Gasteiger charge is 2.45. The number of anilines is 1. The van der Waals surface area contributed by atoms with E-state index in [2.05, 4.69) is 44.6 Å². The Morgan fingerprint density at radius 2 is 1.77 bits per heavy atom. The molecule has 2 aliphatic heterocycles. The molecule has 6 rings (SSSR count). The molecule has 0 spiro atoms. The first-order valence-electron chi connectivity index (χ1n) is 14.3. The van der Waals surface area contributed by atoms with Crippen LogP contribution >= 0.6 is 0 Å². The number of aryl methyl sites for hydroxylation is 1. The first kappa shape index (κ1) is 26.0. The molecule has 1 aliphatic carbocycles. The molecule has 1 saturated carbocycles. The predicted molar refractivity (Wildman–Crippen MR) is 147 cm³/mol. The topological polar surface area (TPSA) is 102 Å². The van der Waals surface area contributed by atoms with Crippen LogP contribution in [-0.4, -0.2) is 73.2 Å². The van der Waals surface area contributed by atoms with E-state index < -0.39 is 5.67 Å². The van der Waals surface area contributed by atoms with E-state index in [9.17, 15) is 4.79 Å². The molecule has 3 fully saturated rings. The zero-order valence-corrected chi connectivity index (χ0v) is 22.7. The van der Waals surface area contributed by atoms with Crippen LogP contribution in [-0.2, 0) is 11.3 Å². The summed E-state index contributed by atoms with van der Waals surface area (Å²) in [6.45, 7) is 4.81. The highest BCUT2D eigenvalue weighted by molar-refractivity contribution is 5.85. The van der Waals surface area contributed by atoms with Crippen LogP contribution in [0.1, 0.15) is 68.5 Å². The van der Waals surface area contributed by atoms with Crippen molar-refractivity contribution < 1.29 is 13.9 Å². The summed E-state index contributed by atoms with van der Waals surface area (Å²) in [7, 11) is 0. The second kappa shape index (κ2) is 10.7. The fraction of sp³-hybridized carbons (Fsp3) is 0.586. The van der Waals surface area contributed by atoms with Gasteiger partial charge in [0.15, 0.2) is 5.67 Å². The summed E-state index contributed by atoms with van der Waals surface area (Å²) in [5, 5.41) is 0. The number of hydrogen-bond donors (Lipinski definition) is 1. The van der Waals surface area contributed by atoms with E-state index in [1.54, 1.807) is 17.3 Å². The number of nitrogens with two attached hydrogens (primary N) is 1. The monoisotopic (exact) mass is 535 g/mol. The third-order valence-corrected chi connectivity index (χ3v) is 8.67. The Labute approximate surface area is 228 Å². The molecular formula is C29H38FN7O2. The number of halogens is 1. The summed E-state index contributed by atoms with van der Waals surface area (Å²) in [5.41, 5.74) is 7.87. The number of alkyl halides is 1. The largest absolute Gasteiger partial charge is 0.461 e. The molecule has 0 atom stereocenters. The van der Waals surface area contributed by atoms with Crippen molar-refractivity contribution in [3.8, 4) is 6.01 Å². The first-order chi connectivity index (χ1) is 18.9. The fourth-order valence-corrected chi connectivity index (χ4v) is 6.37. The number of hydrogen-bond acceptors (Lipinski definition) is 7. The summed E-state index contributed by atoms with van der Waals surface area (Å²) >= 11 is 0. The van der Waals surface area contributed by atoms with Crippen LogP contribution in [0.25, 0.3) is 11.0 Å². The van der Waals surface area contributed by atoms with Gasteiger partial charge in [-0.3, -0.25) is 14.3 Å². The minimum Gasteiger partial charge on any atom is -0.461 e. The number of nitrogens with zero attached hydrogens (tertiary/aromatic N) is 6. The molecule has 2 aromatic heterocycles. The zero-order chi connectivity index (χ0) is 27.0. The van der Waals surface area contributed by atoms with Gasteiger partial charge in [-0.2, -0.15) is 4.98 Å². The van der Waals surface area contributed by atoms with Crippen LogP contribution < -0.4 is 10.5 Å². The Bertz CT molecular complexity index is 1310. The van der Waals surface area contributed by atoms with E-state index in [4.69, 9.17) is 15.5 Å². The normalized spacial score (nSPS) is 21.0. The lowest BCUT2D eigenvalue weighted by atomic mass is 9.90. The lowest BCUT2D eigenvalue weighted by Crippen LogP contribution is -2.53. The fourth-order valence-electron chi connectivity index (χ4n) is 6.37. The Hall–Kier alpha value is -3.27. The van der Waals surface area contributed by atoms with Crippen LogP contribution in [0, 0.1) is 6.92 Å². The highest BCUT2D eigenvalue weighted by Crippen LogP contribution is 2.36. The number of carbonyl (C=O) groups excluding carboxylic acids is 1. The number of amides is 1. The van der Waals surface area contributed by atoms with Crippen molar-refractivity contribution in [2.24, 2.45) is 0 Å². The van der Waals surface area contributed by atoms with Gasteiger partial charge in [0.2, 0.25) is 5.95 Å². The number of ether oxygens (including phenoxy) is 1. The van der Waals surface area contributed by atoms with Gasteiger partial charge in [0, 0.05) is 69.6 Å². The van der Waals surface area contributed by atoms with E-state index in [1.807, 2.05) is 0 Å². The van der Waals surface area contributed by atoms with Crippen LogP contribution in [0.5, 0.6) is 6.01 Å². The zero-order valence-electron chi connectivity index (χ0n) is 22.7. The molecule has 1 aromatic carbocycles. The van der Waals surface area contributed by atoms with E-state index in [0.717, 1.165) is 42.3 Å². The molecular weight excluding hydrogens is 497 g/mol. The Morgan fingerprint density at radius 3 is 2.46 bits per heavy atom. The molecule has 0 unspecified atom stereocenters. The molecule has 1 amide bonds. The quantitative estimate of drug-likeness (QED) is 0.505. The average molecular weight is 536 g/mol. The molecule has 2 saturated heterocycles. The number of carbonyl (C=O) groups is 1. The molecule has 3 aromatic rings. The molecule has 208 valence electrons.